The summed E-state index contributed by atoms with van der Waals surface area (Å²) in [6, 6.07) is 8.84. The number of nitrogens with zero attached hydrogens (tertiary/aromatic N) is 1. The minimum atomic E-state index is 0.893. The van der Waals surface area contributed by atoms with Gasteiger partial charge >= 0.3 is 0 Å². The van der Waals surface area contributed by atoms with Crippen molar-refractivity contribution in [1.82, 2.24) is 4.57 Å². The van der Waals surface area contributed by atoms with Gasteiger partial charge in [0.1, 0.15) is 0 Å². The third kappa shape index (κ3) is 2.83. The average Bonchev–Trinajstić information content (AvgIpc) is 2.65. The van der Waals surface area contributed by atoms with Crippen molar-refractivity contribution in [3.8, 4) is 0 Å². The van der Waals surface area contributed by atoms with E-state index in [2.05, 4.69) is 68.8 Å². The molecule has 0 aliphatic carbocycles. The molecular formula is C17H24N2. The Kier molecular flexibility index (Phi) is 3.98. The van der Waals surface area contributed by atoms with Gasteiger partial charge in [-0.1, -0.05) is 12.1 Å². The maximum atomic E-state index is 3.56. The third-order valence-electron chi connectivity index (χ3n) is 3.86. The molecule has 0 spiro atoms. The Morgan fingerprint density at radius 3 is 2.42 bits per heavy atom. The lowest BCUT2D eigenvalue weighted by Gasteiger charge is -2.11. The maximum Gasteiger partial charge on any atom is 0.0418 e. The molecule has 0 aliphatic rings. The highest BCUT2D eigenvalue weighted by Crippen LogP contribution is 2.20. The lowest BCUT2D eigenvalue weighted by molar-refractivity contribution is 0.715. The Labute approximate surface area is 116 Å². The second-order valence-corrected chi connectivity index (χ2v) is 5.31. The Morgan fingerprint density at radius 2 is 1.79 bits per heavy atom. The average molecular weight is 256 g/mol. The molecule has 102 valence electrons. The van der Waals surface area contributed by atoms with Crippen LogP contribution in [-0.2, 0) is 13.1 Å². The van der Waals surface area contributed by atoms with Crippen molar-refractivity contribution in [2.24, 2.45) is 0 Å². The molecule has 2 nitrogen and oxygen atoms in total. The quantitative estimate of drug-likeness (QED) is 0.860. The van der Waals surface area contributed by atoms with E-state index < -0.39 is 0 Å². The molecule has 0 bridgehead atoms. The molecule has 0 amide bonds. The SMILES string of the molecule is CCn1c(C)cc(CNc2cc(C)ccc2C)c1C. The van der Waals surface area contributed by atoms with Gasteiger partial charge in [0.05, 0.1) is 0 Å². The van der Waals surface area contributed by atoms with Crippen LogP contribution >= 0.6 is 0 Å². The molecule has 2 rings (SSSR count). The highest BCUT2D eigenvalue weighted by molar-refractivity contribution is 5.53. The number of hydrogen-bond acceptors (Lipinski definition) is 1. The van der Waals surface area contributed by atoms with Gasteiger partial charge in [0.15, 0.2) is 0 Å². The largest absolute Gasteiger partial charge is 0.381 e. The fraction of sp³-hybridized carbons (Fsp3) is 0.412. The number of hydrogen-bond donors (Lipinski definition) is 1. The van der Waals surface area contributed by atoms with Crippen molar-refractivity contribution in [3.63, 3.8) is 0 Å². The first-order valence-corrected chi connectivity index (χ1v) is 6.99. The molecule has 0 aliphatic heterocycles. The predicted molar refractivity (Wildman–Crippen MR) is 82.8 cm³/mol. The van der Waals surface area contributed by atoms with Crippen LogP contribution in [0.25, 0.3) is 0 Å². The molecule has 1 aromatic heterocycles. The summed E-state index contributed by atoms with van der Waals surface area (Å²) < 4.78 is 2.36. The summed E-state index contributed by atoms with van der Waals surface area (Å²) >= 11 is 0. The predicted octanol–water partition coefficient (Wildman–Crippen LogP) is 4.35. The Morgan fingerprint density at radius 1 is 1.05 bits per heavy atom. The second kappa shape index (κ2) is 5.52. The second-order valence-electron chi connectivity index (χ2n) is 5.31. The molecule has 1 N–H and O–H groups in total. The highest BCUT2D eigenvalue weighted by atomic mass is 15.0. The molecule has 2 heteroatoms. The number of aryl methyl sites for hydroxylation is 3. The number of benzene rings is 1. The van der Waals surface area contributed by atoms with E-state index in [1.807, 2.05) is 0 Å². The molecule has 0 fully saturated rings. The van der Waals surface area contributed by atoms with Crippen molar-refractivity contribution >= 4 is 5.69 Å². The van der Waals surface area contributed by atoms with Crippen LogP contribution < -0.4 is 5.32 Å². The first-order chi connectivity index (χ1) is 9.02. The summed E-state index contributed by atoms with van der Waals surface area (Å²) in [7, 11) is 0. The van der Waals surface area contributed by atoms with Gasteiger partial charge in [0, 0.05) is 30.2 Å². The van der Waals surface area contributed by atoms with Crippen LogP contribution in [-0.4, -0.2) is 4.57 Å². The molecule has 0 saturated heterocycles. The summed E-state index contributed by atoms with van der Waals surface area (Å²) in [6.45, 7) is 12.8. The van der Waals surface area contributed by atoms with Crippen LogP contribution in [0.4, 0.5) is 5.69 Å². The molecule has 0 saturated carbocycles. The van der Waals surface area contributed by atoms with E-state index in [-0.39, 0.29) is 0 Å². The molecule has 19 heavy (non-hydrogen) atoms. The summed E-state index contributed by atoms with van der Waals surface area (Å²) in [4.78, 5) is 0. The normalized spacial score (nSPS) is 10.8. The third-order valence-corrected chi connectivity index (χ3v) is 3.86. The standard InChI is InChI=1S/C17H24N2/c1-6-19-14(4)10-16(15(19)5)11-18-17-9-12(2)7-8-13(17)3/h7-10,18H,6,11H2,1-5H3. The first-order valence-electron chi connectivity index (χ1n) is 6.99. The van der Waals surface area contributed by atoms with Crippen LogP contribution in [0.1, 0.15) is 35.0 Å². The molecule has 0 atom stereocenters. The summed E-state index contributed by atoms with van der Waals surface area (Å²) in [5.41, 5.74) is 7.94. The zero-order valence-corrected chi connectivity index (χ0v) is 12.7. The van der Waals surface area contributed by atoms with Gasteiger partial charge in [-0.05, 0) is 63.4 Å². The van der Waals surface area contributed by atoms with Crippen molar-refractivity contribution < 1.29 is 0 Å². The zero-order valence-electron chi connectivity index (χ0n) is 12.7. The highest BCUT2D eigenvalue weighted by Gasteiger charge is 2.07. The molecule has 2 aromatic rings. The first kappa shape index (κ1) is 13.7. The molecule has 1 heterocycles. The van der Waals surface area contributed by atoms with E-state index in [1.165, 1.54) is 33.8 Å². The Balaban J connectivity index is 2.17. The lowest BCUT2D eigenvalue weighted by Crippen LogP contribution is -2.04. The molecule has 1 aromatic carbocycles. The van der Waals surface area contributed by atoms with E-state index >= 15 is 0 Å². The van der Waals surface area contributed by atoms with Crippen LogP contribution in [0.3, 0.4) is 0 Å². The van der Waals surface area contributed by atoms with E-state index in [0.29, 0.717) is 0 Å². The van der Waals surface area contributed by atoms with Gasteiger partial charge < -0.3 is 9.88 Å². The summed E-state index contributed by atoms with van der Waals surface area (Å²) in [6.07, 6.45) is 0. The Hall–Kier alpha value is -1.70. The number of rotatable bonds is 4. The van der Waals surface area contributed by atoms with Gasteiger partial charge in [0.25, 0.3) is 0 Å². The van der Waals surface area contributed by atoms with Crippen molar-refractivity contribution in [2.45, 2.75) is 47.7 Å². The van der Waals surface area contributed by atoms with Crippen LogP contribution in [0.2, 0.25) is 0 Å². The van der Waals surface area contributed by atoms with Crippen molar-refractivity contribution in [2.75, 3.05) is 5.32 Å². The topological polar surface area (TPSA) is 17.0 Å². The molecule has 0 unspecified atom stereocenters. The van der Waals surface area contributed by atoms with Crippen LogP contribution in [0.5, 0.6) is 0 Å². The van der Waals surface area contributed by atoms with E-state index in [9.17, 15) is 0 Å². The fourth-order valence-electron chi connectivity index (χ4n) is 2.65. The Bertz CT molecular complexity index is 579. The van der Waals surface area contributed by atoms with Crippen LogP contribution in [0.15, 0.2) is 24.3 Å². The van der Waals surface area contributed by atoms with Crippen molar-refractivity contribution in [1.29, 1.82) is 0 Å². The lowest BCUT2D eigenvalue weighted by atomic mass is 10.1. The molecule has 0 radical (unpaired) electrons. The maximum absolute atomic E-state index is 3.56. The van der Waals surface area contributed by atoms with Crippen LogP contribution in [0, 0.1) is 27.7 Å². The van der Waals surface area contributed by atoms with E-state index in [0.717, 1.165) is 13.1 Å². The number of aromatic nitrogens is 1. The molecular weight excluding hydrogens is 232 g/mol. The fourth-order valence-corrected chi connectivity index (χ4v) is 2.65. The van der Waals surface area contributed by atoms with E-state index in [4.69, 9.17) is 0 Å². The number of nitrogens with one attached hydrogen (secondary N) is 1. The monoisotopic (exact) mass is 256 g/mol. The smallest absolute Gasteiger partial charge is 0.0418 e. The minimum absolute atomic E-state index is 0.893. The van der Waals surface area contributed by atoms with Gasteiger partial charge in [-0.25, -0.2) is 0 Å². The minimum Gasteiger partial charge on any atom is -0.381 e. The summed E-state index contributed by atoms with van der Waals surface area (Å²) in [5, 5.41) is 3.56. The zero-order chi connectivity index (χ0) is 14.0. The summed E-state index contributed by atoms with van der Waals surface area (Å²) in [5.74, 6) is 0. The van der Waals surface area contributed by atoms with Gasteiger partial charge in [-0.15, -0.1) is 0 Å². The van der Waals surface area contributed by atoms with Gasteiger partial charge in [-0.3, -0.25) is 0 Å². The van der Waals surface area contributed by atoms with Gasteiger partial charge in [0.2, 0.25) is 0 Å². The van der Waals surface area contributed by atoms with E-state index in [1.54, 1.807) is 0 Å². The van der Waals surface area contributed by atoms with Crippen molar-refractivity contribution in [3.05, 3.63) is 52.3 Å². The van der Waals surface area contributed by atoms with Gasteiger partial charge in [-0.2, -0.15) is 0 Å². The number of anilines is 1.